The van der Waals surface area contributed by atoms with Crippen molar-refractivity contribution in [1.82, 2.24) is 14.7 Å². The molecule has 1 N–H and O–H groups in total. The van der Waals surface area contributed by atoms with Gasteiger partial charge in [0.25, 0.3) is 11.8 Å². The molecule has 0 atom stereocenters. The Morgan fingerprint density at radius 1 is 1.16 bits per heavy atom. The molecule has 0 bridgehead atoms. The van der Waals surface area contributed by atoms with Crippen LogP contribution in [-0.2, 0) is 20.9 Å². The van der Waals surface area contributed by atoms with E-state index in [4.69, 9.17) is 4.74 Å². The molecule has 1 aromatic carbocycles. The average molecular weight is 431 g/mol. The van der Waals surface area contributed by atoms with Crippen LogP contribution in [0, 0.1) is 24.0 Å². The Bertz CT molecular complexity index is 979. The van der Waals surface area contributed by atoms with Crippen molar-refractivity contribution in [2.24, 2.45) is 0 Å². The lowest BCUT2D eigenvalue weighted by Crippen LogP contribution is -2.30. The number of nitrogens with zero attached hydrogens (tertiary/aromatic N) is 4. The van der Waals surface area contributed by atoms with Gasteiger partial charge in [0.2, 0.25) is 0 Å². The summed E-state index contributed by atoms with van der Waals surface area (Å²) in [6, 6.07) is 6.40. The summed E-state index contributed by atoms with van der Waals surface area (Å²) in [4.78, 5) is 48.4. The van der Waals surface area contributed by atoms with E-state index in [1.807, 2.05) is 13.8 Å². The summed E-state index contributed by atoms with van der Waals surface area (Å²) in [5.74, 6) is -1.41. The third-order valence-corrected chi connectivity index (χ3v) is 4.64. The monoisotopic (exact) mass is 431 g/mol. The van der Waals surface area contributed by atoms with Crippen molar-refractivity contribution >= 4 is 29.2 Å². The van der Waals surface area contributed by atoms with Crippen molar-refractivity contribution in [3.05, 3.63) is 51.3 Å². The predicted molar refractivity (Wildman–Crippen MR) is 112 cm³/mol. The van der Waals surface area contributed by atoms with Crippen LogP contribution in [0.4, 0.5) is 11.4 Å². The van der Waals surface area contributed by atoms with Crippen molar-refractivity contribution in [3.8, 4) is 0 Å². The van der Waals surface area contributed by atoms with Gasteiger partial charge in [0.15, 0.2) is 6.61 Å². The number of hydrogen-bond donors (Lipinski definition) is 1. The van der Waals surface area contributed by atoms with Gasteiger partial charge in [-0.25, -0.2) is 0 Å². The van der Waals surface area contributed by atoms with E-state index in [1.165, 1.54) is 18.5 Å². The fourth-order valence-electron chi connectivity index (χ4n) is 3.01. The molecule has 1 aromatic heterocycles. The van der Waals surface area contributed by atoms with Crippen molar-refractivity contribution in [1.29, 1.82) is 0 Å². The van der Waals surface area contributed by atoms with E-state index in [1.54, 1.807) is 29.2 Å². The second-order valence-electron chi connectivity index (χ2n) is 6.70. The van der Waals surface area contributed by atoms with E-state index >= 15 is 0 Å². The minimum atomic E-state index is -0.754. The molecule has 166 valence electrons. The Morgan fingerprint density at radius 2 is 1.77 bits per heavy atom. The fourth-order valence-corrected chi connectivity index (χ4v) is 3.01. The molecule has 2 amide bonds. The van der Waals surface area contributed by atoms with E-state index in [0.29, 0.717) is 24.3 Å². The Balaban J connectivity index is 1.88. The summed E-state index contributed by atoms with van der Waals surface area (Å²) < 4.78 is 6.09. The molecule has 0 fully saturated rings. The van der Waals surface area contributed by atoms with Crippen LogP contribution >= 0.6 is 0 Å². The topological polar surface area (TPSA) is 137 Å². The fraction of sp³-hybridized carbons (Fsp3) is 0.400. The summed E-state index contributed by atoms with van der Waals surface area (Å²) in [6.07, 6.45) is 0. The van der Waals surface area contributed by atoms with Gasteiger partial charge in [0.1, 0.15) is 17.9 Å². The lowest BCUT2D eigenvalue weighted by molar-refractivity contribution is -0.386. The van der Waals surface area contributed by atoms with Crippen LogP contribution < -0.4 is 5.32 Å². The third kappa shape index (κ3) is 5.87. The van der Waals surface area contributed by atoms with Crippen LogP contribution in [0.15, 0.2) is 24.3 Å². The van der Waals surface area contributed by atoms with E-state index in [-0.39, 0.29) is 29.5 Å². The molecular formula is C20H25N5O6. The number of amides is 2. The Labute approximate surface area is 179 Å². The molecule has 0 unspecified atom stereocenters. The maximum absolute atomic E-state index is 12.3. The van der Waals surface area contributed by atoms with E-state index < -0.39 is 23.4 Å². The molecule has 0 radical (unpaired) electrons. The number of rotatable bonds is 9. The molecule has 0 aliphatic carbocycles. The quantitative estimate of drug-likeness (QED) is 0.364. The average Bonchev–Trinajstić information content (AvgIpc) is 3.00. The number of carbonyl (C=O) groups is 3. The maximum atomic E-state index is 12.3. The summed E-state index contributed by atoms with van der Waals surface area (Å²) in [5, 5.41) is 17.5. The summed E-state index contributed by atoms with van der Waals surface area (Å²) in [6.45, 7) is 7.07. The van der Waals surface area contributed by atoms with E-state index in [9.17, 15) is 24.5 Å². The molecule has 11 heteroatoms. The SMILES string of the molecule is CCN(CC)C(=O)c1ccc(NC(=O)COC(=O)Cn2nc(C)c([N+](=O)[O-])c2C)cc1. The minimum absolute atomic E-state index is 0.0961. The maximum Gasteiger partial charge on any atom is 0.328 e. The van der Waals surface area contributed by atoms with Crippen molar-refractivity contribution in [2.75, 3.05) is 25.0 Å². The number of esters is 1. The van der Waals surface area contributed by atoms with Gasteiger partial charge < -0.3 is 15.0 Å². The van der Waals surface area contributed by atoms with Gasteiger partial charge in [-0.2, -0.15) is 5.10 Å². The van der Waals surface area contributed by atoms with Crippen LogP contribution in [0.25, 0.3) is 0 Å². The molecule has 0 spiro atoms. The smallest absolute Gasteiger partial charge is 0.328 e. The van der Waals surface area contributed by atoms with Crippen LogP contribution in [0.1, 0.15) is 35.6 Å². The first-order valence-electron chi connectivity index (χ1n) is 9.71. The highest BCUT2D eigenvalue weighted by Crippen LogP contribution is 2.21. The Kier molecular flexibility index (Phi) is 7.83. The highest BCUT2D eigenvalue weighted by Gasteiger charge is 2.23. The highest BCUT2D eigenvalue weighted by atomic mass is 16.6. The first-order chi connectivity index (χ1) is 14.7. The minimum Gasteiger partial charge on any atom is -0.454 e. The van der Waals surface area contributed by atoms with Crippen molar-refractivity contribution < 1.29 is 24.0 Å². The van der Waals surface area contributed by atoms with E-state index in [0.717, 1.165) is 0 Å². The molecular weight excluding hydrogens is 406 g/mol. The second kappa shape index (κ2) is 10.3. The molecule has 0 saturated carbocycles. The van der Waals surface area contributed by atoms with Gasteiger partial charge >= 0.3 is 11.7 Å². The number of aryl methyl sites for hydroxylation is 1. The zero-order valence-electron chi connectivity index (χ0n) is 17.9. The first-order valence-corrected chi connectivity index (χ1v) is 9.71. The van der Waals surface area contributed by atoms with Gasteiger partial charge in [-0.05, 0) is 52.0 Å². The van der Waals surface area contributed by atoms with Gasteiger partial charge in [0, 0.05) is 24.3 Å². The standard InChI is InChI=1S/C20H25N5O6/c1-5-23(6-2)20(28)15-7-9-16(10-8-15)21-17(26)12-31-18(27)11-24-14(4)19(25(29)30)13(3)22-24/h7-10H,5-6,11-12H2,1-4H3,(H,21,26). The Hall–Kier alpha value is -3.76. The number of aromatic nitrogens is 2. The zero-order valence-corrected chi connectivity index (χ0v) is 17.9. The van der Waals surface area contributed by atoms with Gasteiger partial charge in [-0.1, -0.05) is 0 Å². The highest BCUT2D eigenvalue weighted by molar-refractivity contribution is 5.96. The molecule has 2 rings (SSSR count). The van der Waals surface area contributed by atoms with Crippen molar-refractivity contribution in [2.45, 2.75) is 34.2 Å². The van der Waals surface area contributed by atoms with Gasteiger partial charge in [-0.3, -0.25) is 29.2 Å². The summed E-state index contributed by atoms with van der Waals surface area (Å²) in [5.41, 5.74) is 1.21. The number of nitrogens with one attached hydrogen (secondary N) is 1. The Morgan fingerprint density at radius 3 is 2.29 bits per heavy atom. The number of benzene rings is 1. The number of carbonyl (C=O) groups excluding carboxylic acids is 3. The lowest BCUT2D eigenvalue weighted by Gasteiger charge is -2.18. The second-order valence-corrected chi connectivity index (χ2v) is 6.70. The lowest BCUT2D eigenvalue weighted by atomic mass is 10.2. The van der Waals surface area contributed by atoms with E-state index in [2.05, 4.69) is 10.4 Å². The first kappa shape index (κ1) is 23.5. The van der Waals surface area contributed by atoms with Crippen LogP contribution in [-0.4, -0.2) is 57.1 Å². The van der Waals surface area contributed by atoms with Crippen molar-refractivity contribution in [3.63, 3.8) is 0 Å². The number of hydrogen-bond acceptors (Lipinski definition) is 7. The zero-order chi connectivity index (χ0) is 23.1. The van der Waals surface area contributed by atoms with Crippen LogP contribution in [0.3, 0.4) is 0 Å². The van der Waals surface area contributed by atoms with Gasteiger partial charge in [0.05, 0.1) is 4.92 Å². The normalized spacial score (nSPS) is 10.5. The molecule has 31 heavy (non-hydrogen) atoms. The molecule has 2 aromatic rings. The molecule has 0 aliphatic heterocycles. The van der Waals surface area contributed by atoms with Crippen LogP contribution in [0.5, 0.6) is 0 Å². The van der Waals surface area contributed by atoms with Gasteiger partial charge in [-0.15, -0.1) is 0 Å². The number of ether oxygens (including phenoxy) is 1. The third-order valence-electron chi connectivity index (χ3n) is 4.64. The van der Waals surface area contributed by atoms with Crippen LogP contribution in [0.2, 0.25) is 0 Å². The number of nitro groups is 1. The largest absolute Gasteiger partial charge is 0.454 e. The summed E-state index contributed by atoms with van der Waals surface area (Å²) >= 11 is 0. The molecule has 1 heterocycles. The number of anilines is 1. The predicted octanol–water partition coefficient (Wildman–Crippen LogP) is 2.07. The molecule has 11 nitrogen and oxygen atoms in total. The summed E-state index contributed by atoms with van der Waals surface area (Å²) in [7, 11) is 0. The molecule has 0 saturated heterocycles. The molecule has 0 aliphatic rings.